The van der Waals surface area contributed by atoms with Crippen LogP contribution in [0.15, 0.2) is 12.1 Å². The van der Waals surface area contributed by atoms with Crippen LogP contribution in [0, 0.1) is 6.92 Å². The number of pyridine rings is 1. The molecule has 0 atom stereocenters. The van der Waals surface area contributed by atoms with Crippen molar-refractivity contribution in [2.75, 3.05) is 13.2 Å². The van der Waals surface area contributed by atoms with E-state index in [0.717, 1.165) is 0 Å². The largest absolute Gasteiger partial charge is 0.478 e. The van der Waals surface area contributed by atoms with Gasteiger partial charge in [0.1, 0.15) is 6.61 Å². The number of aliphatic hydroxyl groups excluding tert-OH is 1. The van der Waals surface area contributed by atoms with E-state index < -0.39 is 5.97 Å². The van der Waals surface area contributed by atoms with Gasteiger partial charge in [0.2, 0.25) is 5.88 Å². The van der Waals surface area contributed by atoms with Crippen LogP contribution in [-0.4, -0.2) is 34.4 Å². The van der Waals surface area contributed by atoms with Gasteiger partial charge in [-0.15, -0.1) is 0 Å². The van der Waals surface area contributed by atoms with Crippen molar-refractivity contribution >= 4 is 5.97 Å². The number of carboxylic acid groups (broad SMARTS) is 1. The smallest absolute Gasteiger partial charge is 0.337 e. The standard InChI is InChI=1S/C9H11NO4/c1-6-7(9(12)13)2-3-8(10-6)14-5-4-11/h2-3,11H,4-5H2,1H3,(H,12,13). The van der Waals surface area contributed by atoms with Crippen LogP contribution >= 0.6 is 0 Å². The summed E-state index contributed by atoms with van der Waals surface area (Å²) in [6, 6.07) is 2.89. The van der Waals surface area contributed by atoms with Gasteiger partial charge in [0, 0.05) is 6.07 Å². The van der Waals surface area contributed by atoms with Gasteiger partial charge in [-0.3, -0.25) is 0 Å². The molecule has 5 nitrogen and oxygen atoms in total. The normalized spacial score (nSPS) is 9.86. The SMILES string of the molecule is Cc1nc(OCCO)ccc1C(=O)O. The van der Waals surface area contributed by atoms with Crippen molar-refractivity contribution in [3.63, 3.8) is 0 Å². The number of aromatic carboxylic acids is 1. The average Bonchev–Trinajstić information content (AvgIpc) is 2.14. The van der Waals surface area contributed by atoms with E-state index in [2.05, 4.69) is 4.98 Å². The van der Waals surface area contributed by atoms with Crippen LogP contribution in [0.1, 0.15) is 16.1 Å². The zero-order valence-corrected chi connectivity index (χ0v) is 7.73. The van der Waals surface area contributed by atoms with Gasteiger partial charge in [-0.05, 0) is 13.0 Å². The molecule has 5 heteroatoms. The number of aryl methyl sites for hydroxylation is 1. The highest BCUT2D eigenvalue weighted by atomic mass is 16.5. The zero-order chi connectivity index (χ0) is 10.6. The van der Waals surface area contributed by atoms with Crippen molar-refractivity contribution in [1.29, 1.82) is 0 Å². The van der Waals surface area contributed by atoms with E-state index in [4.69, 9.17) is 14.9 Å². The Kier molecular flexibility index (Phi) is 3.41. The molecule has 0 bridgehead atoms. The highest BCUT2D eigenvalue weighted by Crippen LogP contribution is 2.12. The third kappa shape index (κ3) is 2.43. The first-order chi connectivity index (χ1) is 6.65. The number of carbonyl (C=O) groups is 1. The number of nitrogens with zero attached hydrogens (tertiary/aromatic N) is 1. The Balaban J connectivity index is 2.83. The zero-order valence-electron chi connectivity index (χ0n) is 7.73. The van der Waals surface area contributed by atoms with Crippen LogP contribution in [0.4, 0.5) is 0 Å². The van der Waals surface area contributed by atoms with Gasteiger partial charge in [-0.1, -0.05) is 0 Å². The molecule has 0 unspecified atom stereocenters. The molecule has 2 N–H and O–H groups in total. The van der Waals surface area contributed by atoms with Gasteiger partial charge >= 0.3 is 5.97 Å². The summed E-state index contributed by atoms with van der Waals surface area (Å²) in [7, 11) is 0. The summed E-state index contributed by atoms with van der Waals surface area (Å²) in [4.78, 5) is 14.5. The molecule has 1 aromatic heterocycles. The van der Waals surface area contributed by atoms with E-state index in [1.165, 1.54) is 12.1 Å². The molecule has 14 heavy (non-hydrogen) atoms. The summed E-state index contributed by atoms with van der Waals surface area (Å²) >= 11 is 0. The van der Waals surface area contributed by atoms with Gasteiger partial charge in [0.25, 0.3) is 0 Å². The first-order valence-electron chi connectivity index (χ1n) is 4.09. The molecule has 0 amide bonds. The van der Waals surface area contributed by atoms with Gasteiger partial charge < -0.3 is 14.9 Å². The molecule has 0 radical (unpaired) electrons. The number of carboxylic acids is 1. The van der Waals surface area contributed by atoms with E-state index in [1.807, 2.05) is 0 Å². The molecular formula is C9H11NO4. The first kappa shape index (κ1) is 10.5. The minimum absolute atomic E-state index is 0.0958. The molecule has 0 saturated heterocycles. The molecule has 0 spiro atoms. The summed E-state index contributed by atoms with van der Waals surface area (Å²) in [5.74, 6) is -0.690. The molecule has 1 heterocycles. The fourth-order valence-electron chi connectivity index (χ4n) is 0.995. The maximum absolute atomic E-state index is 10.6. The van der Waals surface area contributed by atoms with Crippen molar-refractivity contribution in [1.82, 2.24) is 4.98 Å². The number of hydrogen-bond donors (Lipinski definition) is 2. The molecule has 1 aromatic rings. The first-order valence-corrected chi connectivity index (χ1v) is 4.09. The van der Waals surface area contributed by atoms with Gasteiger partial charge in [-0.25, -0.2) is 9.78 Å². The molecule has 0 aromatic carbocycles. The van der Waals surface area contributed by atoms with Crippen LogP contribution in [0.5, 0.6) is 5.88 Å². The quantitative estimate of drug-likeness (QED) is 0.733. The Morgan fingerprint density at radius 3 is 2.79 bits per heavy atom. The van der Waals surface area contributed by atoms with Gasteiger partial charge in [0.15, 0.2) is 0 Å². The highest BCUT2D eigenvalue weighted by Gasteiger charge is 2.08. The summed E-state index contributed by atoms with van der Waals surface area (Å²) < 4.78 is 5.02. The van der Waals surface area contributed by atoms with E-state index in [1.54, 1.807) is 6.92 Å². The molecule has 0 aliphatic rings. The molecule has 0 fully saturated rings. The van der Waals surface area contributed by atoms with Crippen LogP contribution < -0.4 is 4.74 Å². The Bertz CT molecular complexity index is 338. The lowest BCUT2D eigenvalue weighted by atomic mass is 10.2. The summed E-state index contributed by atoms with van der Waals surface area (Å²) in [5, 5.41) is 17.2. The van der Waals surface area contributed by atoms with E-state index >= 15 is 0 Å². The Morgan fingerprint density at radius 1 is 1.57 bits per heavy atom. The second-order valence-electron chi connectivity index (χ2n) is 2.66. The summed E-state index contributed by atoms with van der Waals surface area (Å²) in [5.41, 5.74) is 0.550. The predicted octanol–water partition coefficient (Wildman–Crippen LogP) is 0.459. The fourth-order valence-corrected chi connectivity index (χ4v) is 0.995. The fraction of sp³-hybridized carbons (Fsp3) is 0.333. The van der Waals surface area contributed by atoms with Crippen LogP contribution in [0.3, 0.4) is 0 Å². The number of ether oxygens (including phenoxy) is 1. The van der Waals surface area contributed by atoms with Crippen molar-refractivity contribution in [2.24, 2.45) is 0 Å². The Morgan fingerprint density at radius 2 is 2.29 bits per heavy atom. The Hall–Kier alpha value is -1.62. The number of aromatic nitrogens is 1. The third-order valence-corrected chi connectivity index (χ3v) is 1.63. The monoisotopic (exact) mass is 197 g/mol. The highest BCUT2D eigenvalue weighted by molar-refractivity contribution is 5.88. The molecular weight excluding hydrogens is 186 g/mol. The molecule has 0 aliphatic heterocycles. The van der Waals surface area contributed by atoms with E-state index in [0.29, 0.717) is 11.6 Å². The van der Waals surface area contributed by atoms with Crippen molar-refractivity contribution in [2.45, 2.75) is 6.92 Å². The molecule has 76 valence electrons. The minimum atomic E-state index is -1.01. The summed E-state index contributed by atoms with van der Waals surface area (Å²) in [6.07, 6.45) is 0. The summed E-state index contributed by atoms with van der Waals surface area (Å²) in [6.45, 7) is 1.65. The van der Waals surface area contributed by atoms with Gasteiger partial charge in [-0.2, -0.15) is 0 Å². The van der Waals surface area contributed by atoms with Crippen LogP contribution in [0.2, 0.25) is 0 Å². The maximum Gasteiger partial charge on any atom is 0.337 e. The molecule has 0 saturated carbocycles. The lowest BCUT2D eigenvalue weighted by Gasteiger charge is -2.05. The van der Waals surface area contributed by atoms with Crippen molar-refractivity contribution in [3.05, 3.63) is 23.4 Å². The molecule has 0 aliphatic carbocycles. The number of rotatable bonds is 4. The van der Waals surface area contributed by atoms with Crippen LogP contribution in [0.25, 0.3) is 0 Å². The second-order valence-corrected chi connectivity index (χ2v) is 2.66. The number of aliphatic hydroxyl groups is 1. The minimum Gasteiger partial charge on any atom is -0.478 e. The molecule has 1 rings (SSSR count). The predicted molar refractivity (Wildman–Crippen MR) is 48.5 cm³/mol. The Labute approximate surface area is 81.0 Å². The van der Waals surface area contributed by atoms with Crippen molar-refractivity contribution < 1.29 is 19.7 Å². The van der Waals surface area contributed by atoms with Crippen molar-refractivity contribution in [3.8, 4) is 5.88 Å². The second kappa shape index (κ2) is 4.57. The number of hydrogen-bond acceptors (Lipinski definition) is 4. The third-order valence-electron chi connectivity index (χ3n) is 1.63. The van der Waals surface area contributed by atoms with Crippen LogP contribution in [-0.2, 0) is 0 Å². The van der Waals surface area contributed by atoms with Gasteiger partial charge in [0.05, 0.1) is 17.9 Å². The van der Waals surface area contributed by atoms with E-state index in [9.17, 15) is 4.79 Å². The topological polar surface area (TPSA) is 79.7 Å². The average molecular weight is 197 g/mol. The maximum atomic E-state index is 10.6. The lowest BCUT2D eigenvalue weighted by Crippen LogP contribution is -2.06. The van der Waals surface area contributed by atoms with E-state index in [-0.39, 0.29) is 18.8 Å². The lowest BCUT2D eigenvalue weighted by molar-refractivity contribution is 0.0695.